The van der Waals surface area contributed by atoms with Gasteiger partial charge in [0, 0.05) is 18.3 Å². The molecule has 1 aromatic rings. The Morgan fingerprint density at radius 3 is 2.94 bits per heavy atom. The molecule has 0 saturated heterocycles. The van der Waals surface area contributed by atoms with Gasteiger partial charge in [0.15, 0.2) is 0 Å². The summed E-state index contributed by atoms with van der Waals surface area (Å²) in [6.45, 7) is 4.00. The monoisotopic (exact) mass is 220 g/mol. The average molecular weight is 220 g/mol. The Hall–Kier alpha value is -1.67. The van der Waals surface area contributed by atoms with Crippen LogP contribution in [0.2, 0.25) is 0 Å². The minimum Gasteiger partial charge on any atom is -0.396 e. The van der Waals surface area contributed by atoms with Crippen LogP contribution in [0.4, 0.5) is 5.95 Å². The number of nitrogens with one attached hydrogen (secondary N) is 1. The number of hydrogen-bond donors (Lipinski definition) is 2. The van der Waals surface area contributed by atoms with Gasteiger partial charge in [-0.15, -0.1) is 0 Å². The van der Waals surface area contributed by atoms with E-state index in [0.717, 1.165) is 18.5 Å². The van der Waals surface area contributed by atoms with Crippen molar-refractivity contribution < 1.29 is 5.11 Å². The smallest absolute Gasteiger partial charge is 0.224 e. The van der Waals surface area contributed by atoms with Crippen molar-refractivity contribution in [2.24, 2.45) is 0 Å². The van der Waals surface area contributed by atoms with Crippen molar-refractivity contribution in [3.63, 3.8) is 0 Å². The molecule has 0 aliphatic rings. The molecule has 0 aliphatic heterocycles. The summed E-state index contributed by atoms with van der Waals surface area (Å²) < 4.78 is 0. The van der Waals surface area contributed by atoms with E-state index in [1.165, 1.54) is 0 Å². The van der Waals surface area contributed by atoms with Gasteiger partial charge in [-0.2, -0.15) is 5.26 Å². The molecule has 1 heterocycles. The lowest BCUT2D eigenvalue weighted by Crippen LogP contribution is -2.18. The predicted octanol–water partition coefficient (Wildman–Crippen LogP) is 1.23. The SMILES string of the molecule is Cc1cc(C#N)nc(NC(C)CCCO)n1. The Morgan fingerprint density at radius 2 is 2.31 bits per heavy atom. The quantitative estimate of drug-likeness (QED) is 0.780. The van der Waals surface area contributed by atoms with Crippen LogP contribution in [0, 0.1) is 18.3 Å². The Kier molecular flexibility index (Phi) is 4.67. The van der Waals surface area contributed by atoms with Crippen molar-refractivity contribution >= 4 is 5.95 Å². The second-order valence-corrected chi connectivity index (χ2v) is 3.74. The van der Waals surface area contributed by atoms with E-state index in [0.29, 0.717) is 11.6 Å². The highest BCUT2D eigenvalue weighted by molar-refractivity contribution is 5.33. The summed E-state index contributed by atoms with van der Waals surface area (Å²) in [5, 5.41) is 20.6. The number of rotatable bonds is 5. The Morgan fingerprint density at radius 1 is 1.56 bits per heavy atom. The van der Waals surface area contributed by atoms with Crippen molar-refractivity contribution in [3.8, 4) is 6.07 Å². The lowest BCUT2D eigenvalue weighted by Gasteiger charge is -2.13. The molecule has 1 rings (SSSR count). The van der Waals surface area contributed by atoms with Crippen molar-refractivity contribution in [2.45, 2.75) is 32.7 Å². The maximum Gasteiger partial charge on any atom is 0.224 e. The number of hydrogen-bond acceptors (Lipinski definition) is 5. The predicted molar refractivity (Wildman–Crippen MR) is 60.9 cm³/mol. The molecular weight excluding hydrogens is 204 g/mol. The van der Waals surface area contributed by atoms with Crippen LogP contribution in [0.5, 0.6) is 0 Å². The zero-order valence-electron chi connectivity index (χ0n) is 9.56. The van der Waals surface area contributed by atoms with Gasteiger partial charge in [-0.1, -0.05) is 0 Å². The third-order valence-corrected chi connectivity index (χ3v) is 2.14. The van der Waals surface area contributed by atoms with Crippen LogP contribution in [-0.4, -0.2) is 27.7 Å². The third-order valence-electron chi connectivity index (χ3n) is 2.14. The van der Waals surface area contributed by atoms with E-state index < -0.39 is 0 Å². The van der Waals surface area contributed by atoms with Crippen LogP contribution in [-0.2, 0) is 0 Å². The van der Waals surface area contributed by atoms with Gasteiger partial charge in [0.1, 0.15) is 11.8 Å². The van der Waals surface area contributed by atoms with Crippen LogP contribution in [0.15, 0.2) is 6.07 Å². The summed E-state index contributed by atoms with van der Waals surface area (Å²) in [7, 11) is 0. The van der Waals surface area contributed by atoms with E-state index in [-0.39, 0.29) is 12.6 Å². The fourth-order valence-corrected chi connectivity index (χ4v) is 1.38. The Balaban J connectivity index is 2.66. The molecule has 0 saturated carbocycles. The Labute approximate surface area is 95.2 Å². The highest BCUT2D eigenvalue weighted by Crippen LogP contribution is 2.07. The van der Waals surface area contributed by atoms with E-state index >= 15 is 0 Å². The topological polar surface area (TPSA) is 81.8 Å². The van der Waals surface area contributed by atoms with Crippen LogP contribution >= 0.6 is 0 Å². The van der Waals surface area contributed by atoms with Crippen LogP contribution in [0.3, 0.4) is 0 Å². The number of aryl methyl sites for hydroxylation is 1. The molecule has 0 radical (unpaired) electrons. The van der Waals surface area contributed by atoms with Crippen molar-refractivity contribution in [3.05, 3.63) is 17.5 Å². The van der Waals surface area contributed by atoms with Crippen LogP contribution in [0.25, 0.3) is 0 Å². The molecule has 0 aromatic carbocycles. The minimum absolute atomic E-state index is 0.181. The first-order valence-electron chi connectivity index (χ1n) is 5.29. The summed E-state index contributed by atoms with van der Waals surface area (Å²) in [5.41, 5.74) is 1.13. The molecule has 16 heavy (non-hydrogen) atoms. The van der Waals surface area contributed by atoms with Gasteiger partial charge < -0.3 is 10.4 Å². The third kappa shape index (κ3) is 3.83. The van der Waals surface area contributed by atoms with E-state index in [2.05, 4.69) is 15.3 Å². The number of nitriles is 1. The van der Waals surface area contributed by atoms with Gasteiger partial charge in [0.05, 0.1) is 0 Å². The zero-order chi connectivity index (χ0) is 12.0. The molecule has 0 aliphatic carbocycles. The molecule has 86 valence electrons. The van der Waals surface area contributed by atoms with Crippen molar-refractivity contribution in [1.82, 2.24) is 9.97 Å². The van der Waals surface area contributed by atoms with Gasteiger partial charge >= 0.3 is 0 Å². The molecule has 1 aromatic heterocycles. The normalized spacial score (nSPS) is 11.9. The summed E-state index contributed by atoms with van der Waals surface area (Å²) in [6.07, 6.45) is 1.58. The van der Waals surface area contributed by atoms with Gasteiger partial charge in [-0.25, -0.2) is 9.97 Å². The van der Waals surface area contributed by atoms with E-state index in [4.69, 9.17) is 10.4 Å². The molecule has 2 N–H and O–H groups in total. The van der Waals surface area contributed by atoms with Crippen molar-refractivity contribution in [2.75, 3.05) is 11.9 Å². The number of nitrogens with zero attached hydrogens (tertiary/aromatic N) is 3. The van der Waals surface area contributed by atoms with E-state index in [1.54, 1.807) is 6.07 Å². The van der Waals surface area contributed by atoms with Crippen molar-refractivity contribution in [1.29, 1.82) is 5.26 Å². The maximum atomic E-state index is 8.76. The number of aliphatic hydroxyl groups is 1. The first kappa shape index (κ1) is 12.4. The fraction of sp³-hybridized carbons (Fsp3) is 0.545. The largest absolute Gasteiger partial charge is 0.396 e. The number of aromatic nitrogens is 2. The molecule has 0 bridgehead atoms. The summed E-state index contributed by atoms with van der Waals surface area (Å²) >= 11 is 0. The second-order valence-electron chi connectivity index (χ2n) is 3.74. The molecule has 1 unspecified atom stereocenters. The molecular formula is C11H16N4O. The van der Waals surface area contributed by atoms with Gasteiger partial charge in [0.2, 0.25) is 5.95 Å². The highest BCUT2D eigenvalue weighted by Gasteiger charge is 2.05. The first-order valence-corrected chi connectivity index (χ1v) is 5.29. The number of anilines is 1. The summed E-state index contributed by atoms with van der Waals surface area (Å²) in [5.74, 6) is 0.474. The lowest BCUT2D eigenvalue weighted by atomic mass is 10.2. The minimum atomic E-state index is 0.181. The standard InChI is InChI=1S/C11H16N4O/c1-8(4-3-5-16)13-11-14-9(2)6-10(7-12)15-11/h6,8,16H,3-5H2,1-2H3,(H,13,14,15). The Bertz CT molecular complexity index is 386. The van der Waals surface area contributed by atoms with Crippen LogP contribution in [0.1, 0.15) is 31.2 Å². The zero-order valence-corrected chi connectivity index (χ0v) is 9.56. The van der Waals surface area contributed by atoms with Gasteiger partial charge in [-0.3, -0.25) is 0 Å². The lowest BCUT2D eigenvalue weighted by molar-refractivity contribution is 0.282. The summed E-state index contributed by atoms with van der Waals surface area (Å²) in [4.78, 5) is 8.25. The van der Waals surface area contributed by atoms with Gasteiger partial charge in [-0.05, 0) is 32.8 Å². The molecule has 1 atom stereocenters. The highest BCUT2D eigenvalue weighted by atomic mass is 16.2. The number of aliphatic hydroxyl groups excluding tert-OH is 1. The molecule has 5 heteroatoms. The molecule has 0 spiro atoms. The maximum absolute atomic E-state index is 8.76. The van der Waals surface area contributed by atoms with E-state index in [9.17, 15) is 0 Å². The van der Waals surface area contributed by atoms with E-state index in [1.807, 2.05) is 19.9 Å². The van der Waals surface area contributed by atoms with Crippen LogP contribution < -0.4 is 5.32 Å². The molecule has 5 nitrogen and oxygen atoms in total. The first-order chi connectivity index (χ1) is 7.65. The fourth-order valence-electron chi connectivity index (χ4n) is 1.38. The molecule has 0 fully saturated rings. The summed E-state index contributed by atoms with van der Waals surface area (Å²) in [6, 6.07) is 3.82. The molecule has 0 amide bonds. The average Bonchev–Trinajstić information content (AvgIpc) is 2.25. The second kappa shape index (κ2) is 6.03. The van der Waals surface area contributed by atoms with Gasteiger partial charge in [0.25, 0.3) is 0 Å².